The van der Waals surface area contributed by atoms with Crippen molar-refractivity contribution >= 4 is 11.6 Å². The molecule has 5 heteroatoms. The number of benzene rings is 2. The molecule has 0 bridgehead atoms. The molecule has 0 aromatic heterocycles. The van der Waals surface area contributed by atoms with Crippen LogP contribution in [0.15, 0.2) is 48.5 Å². The zero-order chi connectivity index (χ0) is 18.4. The van der Waals surface area contributed by atoms with E-state index in [9.17, 15) is 4.79 Å². The van der Waals surface area contributed by atoms with E-state index in [1.165, 1.54) is 0 Å². The van der Waals surface area contributed by atoms with Crippen LogP contribution >= 0.6 is 0 Å². The van der Waals surface area contributed by atoms with Gasteiger partial charge in [0.1, 0.15) is 12.4 Å². The first kappa shape index (κ1) is 18.4. The number of nitrogens with one attached hydrogen (secondary N) is 1. The normalized spacial score (nSPS) is 16.1. The van der Waals surface area contributed by atoms with Gasteiger partial charge in [0.2, 0.25) is 5.91 Å². The average molecular weight is 354 g/mol. The molecule has 1 aliphatic rings. The van der Waals surface area contributed by atoms with Crippen molar-refractivity contribution in [1.29, 1.82) is 0 Å². The first-order chi connectivity index (χ1) is 12.6. The van der Waals surface area contributed by atoms with Gasteiger partial charge in [-0.3, -0.25) is 4.79 Å². The summed E-state index contributed by atoms with van der Waals surface area (Å²) in [4.78, 5) is 12.5. The lowest BCUT2D eigenvalue weighted by Crippen LogP contribution is -2.44. The van der Waals surface area contributed by atoms with Gasteiger partial charge in [0.15, 0.2) is 0 Å². The van der Waals surface area contributed by atoms with Gasteiger partial charge < -0.3 is 20.5 Å². The molecule has 2 aromatic rings. The molecule has 1 unspecified atom stereocenters. The summed E-state index contributed by atoms with van der Waals surface area (Å²) in [5, 5.41) is 2.99. The highest BCUT2D eigenvalue weighted by Crippen LogP contribution is 2.23. The summed E-state index contributed by atoms with van der Waals surface area (Å²) in [6.45, 7) is 3.79. The molecule has 1 saturated heterocycles. The number of para-hydroxylation sites is 1. The molecule has 3 rings (SSSR count). The molecule has 0 saturated carbocycles. The molecule has 1 heterocycles. The van der Waals surface area contributed by atoms with Crippen LogP contribution in [0, 0.1) is 12.8 Å². The minimum absolute atomic E-state index is 0.138. The lowest BCUT2D eigenvalue weighted by molar-refractivity contribution is -0.119. The van der Waals surface area contributed by atoms with Gasteiger partial charge >= 0.3 is 0 Å². The van der Waals surface area contributed by atoms with Crippen LogP contribution < -0.4 is 15.8 Å². The molecule has 3 N–H and O–H groups in total. The van der Waals surface area contributed by atoms with Crippen molar-refractivity contribution in [3.05, 3.63) is 59.7 Å². The Morgan fingerprint density at radius 3 is 2.65 bits per heavy atom. The van der Waals surface area contributed by atoms with Crippen LogP contribution in [0.2, 0.25) is 0 Å². The topological polar surface area (TPSA) is 73.6 Å². The van der Waals surface area contributed by atoms with E-state index in [-0.39, 0.29) is 11.8 Å². The molecular formula is C21H26N2O3. The molecule has 0 radical (unpaired) electrons. The lowest BCUT2D eigenvalue weighted by Gasteiger charge is -2.27. The highest BCUT2D eigenvalue weighted by molar-refractivity contribution is 5.95. The smallest absolute Gasteiger partial charge is 0.241 e. The summed E-state index contributed by atoms with van der Waals surface area (Å²) in [5.74, 6) is 0.859. The third-order valence-electron chi connectivity index (χ3n) is 4.92. The van der Waals surface area contributed by atoms with Gasteiger partial charge in [-0.15, -0.1) is 0 Å². The number of hydrogen-bond acceptors (Lipinski definition) is 4. The largest absolute Gasteiger partial charge is 0.489 e. The quantitative estimate of drug-likeness (QED) is 0.835. The number of anilines is 1. The maximum Gasteiger partial charge on any atom is 0.241 e. The van der Waals surface area contributed by atoms with Gasteiger partial charge in [0.25, 0.3) is 0 Å². The van der Waals surface area contributed by atoms with Gasteiger partial charge in [-0.1, -0.05) is 30.3 Å². The fourth-order valence-corrected chi connectivity index (χ4v) is 3.16. The molecule has 138 valence electrons. The summed E-state index contributed by atoms with van der Waals surface area (Å²) < 4.78 is 11.2. The summed E-state index contributed by atoms with van der Waals surface area (Å²) in [7, 11) is 0. The van der Waals surface area contributed by atoms with Crippen molar-refractivity contribution in [1.82, 2.24) is 0 Å². The van der Waals surface area contributed by atoms with Crippen molar-refractivity contribution < 1.29 is 14.3 Å². The van der Waals surface area contributed by atoms with E-state index >= 15 is 0 Å². The van der Waals surface area contributed by atoms with E-state index in [0.29, 0.717) is 19.8 Å². The second-order valence-electron chi connectivity index (χ2n) is 6.66. The minimum Gasteiger partial charge on any atom is -0.489 e. The number of hydrogen-bond donors (Lipinski definition) is 2. The second kappa shape index (κ2) is 8.83. The maximum atomic E-state index is 12.5. The molecular weight excluding hydrogens is 328 g/mol. The Kier molecular flexibility index (Phi) is 6.26. The minimum atomic E-state index is -0.512. The van der Waals surface area contributed by atoms with Crippen molar-refractivity contribution in [3.63, 3.8) is 0 Å². The molecule has 5 nitrogen and oxygen atoms in total. The standard InChI is InChI=1S/C21H26N2O3/c1-15-17(14-26-18-7-3-2-4-8-18)6-5-9-19(15)23-21(24)20(22)16-10-12-25-13-11-16/h2-9,16,20H,10-14,22H2,1H3,(H,23,24). The first-order valence-corrected chi connectivity index (χ1v) is 9.05. The Bertz CT molecular complexity index is 727. The third-order valence-corrected chi connectivity index (χ3v) is 4.92. The van der Waals surface area contributed by atoms with E-state index in [2.05, 4.69) is 5.32 Å². The van der Waals surface area contributed by atoms with Crippen molar-refractivity contribution in [2.24, 2.45) is 11.7 Å². The Hall–Kier alpha value is -2.37. The van der Waals surface area contributed by atoms with Crippen LogP contribution in [0.5, 0.6) is 5.75 Å². The van der Waals surface area contributed by atoms with E-state index in [1.54, 1.807) is 0 Å². The molecule has 2 aromatic carbocycles. The predicted octanol–water partition coefficient (Wildman–Crippen LogP) is 3.27. The summed E-state index contributed by atoms with van der Waals surface area (Å²) in [6, 6.07) is 15.0. The second-order valence-corrected chi connectivity index (χ2v) is 6.66. The van der Waals surface area contributed by atoms with E-state index in [4.69, 9.17) is 15.2 Å². The Balaban J connectivity index is 1.63. The van der Waals surface area contributed by atoms with Crippen LogP contribution in [0.1, 0.15) is 24.0 Å². The van der Waals surface area contributed by atoms with E-state index < -0.39 is 6.04 Å². The monoisotopic (exact) mass is 354 g/mol. The lowest BCUT2D eigenvalue weighted by atomic mass is 9.91. The summed E-state index contributed by atoms with van der Waals surface area (Å²) >= 11 is 0. The molecule has 1 fully saturated rings. The van der Waals surface area contributed by atoms with Crippen LogP contribution in [-0.2, 0) is 16.1 Å². The van der Waals surface area contributed by atoms with Crippen LogP contribution in [0.3, 0.4) is 0 Å². The number of ether oxygens (including phenoxy) is 2. The predicted molar refractivity (Wildman–Crippen MR) is 102 cm³/mol. The van der Waals surface area contributed by atoms with E-state index in [1.807, 2.05) is 55.5 Å². The SMILES string of the molecule is Cc1c(COc2ccccc2)cccc1NC(=O)C(N)C1CCOCC1. The van der Waals surface area contributed by atoms with Crippen LogP contribution in [-0.4, -0.2) is 25.2 Å². The molecule has 1 amide bonds. The summed E-state index contributed by atoms with van der Waals surface area (Å²) in [6.07, 6.45) is 1.66. The van der Waals surface area contributed by atoms with Crippen molar-refractivity contribution in [2.75, 3.05) is 18.5 Å². The summed E-state index contributed by atoms with van der Waals surface area (Å²) in [5.41, 5.74) is 8.98. The van der Waals surface area contributed by atoms with Gasteiger partial charge in [-0.25, -0.2) is 0 Å². The van der Waals surface area contributed by atoms with Crippen LogP contribution in [0.4, 0.5) is 5.69 Å². The van der Waals surface area contributed by atoms with Crippen LogP contribution in [0.25, 0.3) is 0 Å². The fourth-order valence-electron chi connectivity index (χ4n) is 3.16. The first-order valence-electron chi connectivity index (χ1n) is 9.05. The zero-order valence-electron chi connectivity index (χ0n) is 15.1. The molecule has 26 heavy (non-hydrogen) atoms. The number of nitrogens with two attached hydrogens (primary N) is 1. The van der Waals surface area contributed by atoms with Gasteiger partial charge in [-0.2, -0.15) is 0 Å². The molecule has 0 spiro atoms. The molecule has 0 aliphatic carbocycles. The van der Waals surface area contributed by atoms with Gasteiger partial charge in [0.05, 0.1) is 6.04 Å². The van der Waals surface area contributed by atoms with Crippen molar-refractivity contribution in [3.8, 4) is 5.75 Å². The molecule has 1 atom stereocenters. The third kappa shape index (κ3) is 4.62. The van der Waals surface area contributed by atoms with Gasteiger partial charge in [-0.05, 0) is 55.0 Å². The zero-order valence-corrected chi connectivity index (χ0v) is 15.1. The Labute approximate surface area is 154 Å². The highest BCUT2D eigenvalue weighted by atomic mass is 16.5. The fraction of sp³-hybridized carbons (Fsp3) is 0.381. The maximum absolute atomic E-state index is 12.5. The molecule has 1 aliphatic heterocycles. The number of carbonyl (C=O) groups is 1. The van der Waals surface area contributed by atoms with Gasteiger partial charge in [0, 0.05) is 18.9 Å². The number of rotatable bonds is 6. The Morgan fingerprint density at radius 2 is 1.92 bits per heavy atom. The number of amides is 1. The van der Waals surface area contributed by atoms with Crippen molar-refractivity contribution in [2.45, 2.75) is 32.4 Å². The highest BCUT2D eigenvalue weighted by Gasteiger charge is 2.26. The Morgan fingerprint density at radius 1 is 1.19 bits per heavy atom. The number of carbonyl (C=O) groups excluding carboxylic acids is 1. The van der Waals surface area contributed by atoms with E-state index in [0.717, 1.165) is 35.4 Å². The average Bonchev–Trinajstić information content (AvgIpc) is 2.69.